The number of phenols is 1. The van der Waals surface area contributed by atoms with E-state index < -0.39 is 6.09 Å². The molecule has 9 heteroatoms. The van der Waals surface area contributed by atoms with E-state index in [0.29, 0.717) is 31.1 Å². The molecule has 3 heterocycles. The monoisotopic (exact) mass is 498 g/mol. The Morgan fingerprint density at radius 2 is 2.03 bits per heavy atom. The van der Waals surface area contributed by atoms with Crippen LogP contribution in [0.25, 0.3) is 22.3 Å². The predicted molar refractivity (Wildman–Crippen MR) is 138 cm³/mol. The smallest absolute Gasteiger partial charge is 0.407 e. The molecule has 2 aromatic carbocycles. The minimum absolute atomic E-state index is 0. The zero-order chi connectivity index (χ0) is 23.7. The first-order valence-corrected chi connectivity index (χ1v) is 11.9. The van der Waals surface area contributed by atoms with E-state index in [-0.39, 0.29) is 30.1 Å². The summed E-state index contributed by atoms with van der Waals surface area (Å²) in [7, 11) is 0. The summed E-state index contributed by atoms with van der Waals surface area (Å²) < 4.78 is 5.44. The number of piperidine rings is 1. The first kappa shape index (κ1) is 25.0. The molecule has 2 fully saturated rings. The van der Waals surface area contributed by atoms with Gasteiger partial charge < -0.3 is 24.7 Å². The second-order valence-electron chi connectivity index (χ2n) is 9.32. The van der Waals surface area contributed by atoms with E-state index in [9.17, 15) is 15.0 Å². The number of aromatic nitrogens is 2. The first-order chi connectivity index (χ1) is 16.5. The van der Waals surface area contributed by atoms with Gasteiger partial charge in [0.1, 0.15) is 11.6 Å². The number of ether oxygens (including phenoxy) is 1. The number of amides is 1. The van der Waals surface area contributed by atoms with Crippen LogP contribution in [0.15, 0.2) is 42.5 Å². The van der Waals surface area contributed by atoms with Crippen LogP contribution in [-0.2, 0) is 4.74 Å². The summed E-state index contributed by atoms with van der Waals surface area (Å²) >= 11 is 0. The molecule has 0 bridgehead atoms. The van der Waals surface area contributed by atoms with E-state index >= 15 is 0 Å². The van der Waals surface area contributed by atoms with Gasteiger partial charge in [0.05, 0.1) is 23.7 Å². The van der Waals surface area contributed by atoms with Crippen LogP contribution in [-0.4, -0.2) is 70.1 Å². The Labute approximate surface area is 211 Å². The molecule has 2 aliphatic rings. The van der Waals surface area contributed by atoms with Crippen molar-refractivity contribution in [2.24, 2.45) is 5.92 Å². The van der Waals surface area contributed by atoms with E-state index in [1.54, 1.807) is 17.0 Å². The van der Waals surface area contributed by atoms with Gasteiger partial charge in [0.2, 0.25) is 0 Å². The number of anilines is 1. The quantitative estimate of drug-likeness (QED) is 0.525. The number of hydrogen-bond donors (Lipinski definition) is 2. The van der Waals surface area contributed by atoms with Crippen molar-refractivity contribution in [3.63, 3.8) is 0 Å². The first-order valence-electron chi connectivity index (χ1n) is 11.9. The number of halogens is 1. The lowest BCUT2D eigenvalue weighted by atomic mass is 9.96. The zero-order valence-electron chi connectivity index (χ0n) is 19.8. The van der Waals surface area contributed by atoms with Crippen LogP contribution in [0, 0.1) is 12.8 Å². The Morgan fingerprint density at radius 1 is 1.20 bits per heavy atom. The summed E-state index contributed by atoms with van der Waals surface area (Å²) in [5.41, 5.74) is 2.53. The SMILES string of the molecule is Cc1ccc2c(N3CCC[C@H](CN(C(=O)O)[C@H]4CCOC4)C3)nc(-c3ccccc3O)nc2c1.Cl. The zero-order valence-corrected chi connectivity index (χ0v) is 20.6. The Balaban J connectivity index is 0.00000289. The number of aryl methyl sites for hydroxylation is 1. The molecule has 8 nitrogen and oxygen atoms in total. The van der Waals surface area contributed by atoms with Gasteiger partial charge in [-0.1, -0.05) is 18.2 Å². The van der Waals surface area contributed by atoms with E-state index in [2.05, 4.69) is 17.0 Å². The molecule has 0 radical (unpaired) electrons. The molecule has 35 heavy (non-hydrogen) atoms. The van der Waals surface area contributed by atoms with Crippen molar-refractivity contribution >= 4 is 35.2 Å². The second kappa shape index (κ2) is 10.7. The number of fused-ring (bicyclic) bond motifs is 1. The van der Waals surface area contributed by atoms with E-state index in [1.165, 1.54) is 0 Å². The fraction of sp³-hybridized carbons (Fsp3) is 0.423. The van der Waals surface area contributed by atoms with Crippen LogP contribution >= 0.6 is 12.4 Å². The Hall–Kier alpha value is -3.10. The van der Waals surface area contributed by atoms with Crippen LogP contribution in [0.2, 0.25) is 0 Å². The van der Waals surface area contributed by atoms with Crippen molar-refractivity contribution in [2.45, 2.75) is 32.2 Å². The number of nitrogens with zero attached hydrogens (tertiary/aromatic N) is 4. The van der Waals surface area contributed by atoms with Crippen LogP contribution in [0.4, 0.5) is 10.6 Å². The Morgan fingerprint density at radius 3 is 2.77 bits per heavy atom. The number of carboxylic acid groups (broad SMARTS) is 1. The lowest BCUT2D eigenvalue weighted by Crippen LogP contribution is -2.47. The Kier molecular flexibility index (Phi) is 7.62. The molecule has 3 aromatic rings. The van der Waals surface area contributed by atoms with Gasteiger partial charge >= 0.3 is 6.09 Å². The highest BCUT2D eigenvalue weighted by Gasteiger charge is 2.32. The normalized spacial score (nSPS) is 20.0. The minimum Gasteiger partial charge on any atom is -0.507 e. The van der Waals surface area contributed by atoms with Crippen LogP contribution in [0.1, 0.15) is 24.8 Å². The summed E-state index contributed by atoms with van der Waals surface area (Å²) in [6.07, 6.45) is 1.81. The molecule has 5 rings (SSSR count). The van der Waals surface area contributed by atoms with Crippen molar-refractivity contribution in [1.82, 2.24) is 14.9 Å². The largest absolute Gasteiger partial charge is 0.507 e. The van der Waals surface area contributed by atoms with Crippen LogP contribution < -0.4 is 4.90 Å². The van der Waals surface area contributed by atoms with Gasteiger partial charge in [-0.2, -0.15) is 0 Å². The molecule has 2 saturated heterocycles. The molecule has 186 valence electrons. The summed E-state index contributed by atoms with van der Waals surface area (Å²) in [5.74, 6) is 1.67. The molecule has 0 unspecified atom stereocenters. The number of benzene rings is 2. The highest BCUT2D eigenvalue weighted by atomic mass is 35.5. The third-order valence-corrected chi connectivity index (χ3v) is 6.84. The van der Waals surface area contributed by atoms with Gasteiger partial charge in [-0.3, -0.25) is 0 Å². The number of phenolic OH excluding ortho intramolecular Hbond substituents is 1. The number of rotatable bonds is 5. The standard InChI is InChI=1S/C26H30N4O4.ClH/c1-17-8-9-20-22(13-17)27-24(21-6-2-3-7-23(21)31)28-25(20)29-11-4-5-18(14-29)15-30(26(32)33)19-10-12-34-16-19;/h2-3,6-9,13,18-19,31H,4-5,10-12,14-16H2,1H3,(H,32,33);1H/t18-,19-;/m0./s1. The highest BCUT2D eigenvalue weighted by molar-refractivity contribution is 5.92. The lowest BCUT2D eigenvalue weighted by Gasteiger charge is -2.37. The van der Waals surface area contributed by atoms with E-state index in [0.717, 1.165) is 54.6 Å². The molecule has 0 saturated carbocycles. The van der Waals surface area contributed by atoms with Crippen molar-refractivity contribution in [3.05, 3.63) is 48.0 Å². The molecular weight excluding hydrogens is 468 g/mol. The maximum absolute atomic E-state index is 12.0. The van der Waals surface area contributed by atoms with Gasteiger partial charge in [-0.25, -0.2) is 14.8 Å². The Bertz CT molecular complexity index is 1200. The maximum atomic E-state index is 12.0. The molecule has 1 amide bonds. The van der Waals surface area contributed by atoms with Crippen molar-refractivity contribution in [3.8, 4) is 17.1 Å². The molecular formula is C26H31ClN4O4. The summed E-state index contributed by atoms with van der Waals surface area (Å²) in [4.78, 5) is 25.5. The van der Waals surface area contributed by atoms with E-state index in [1.807, 2.05) is 25.1 Å². The van der Waals surface area contributed by atoms with Crippen LogP contribution in [0.3, 0.4) is 0 Å². The molecule has 0 spiro atoms. The molecule has 0 aliphatic carbocycles. The van der Waals surface area contributed by atoms with E-state index in [4.69, 9.17) is 14.7 Å². The summed E-state index contributed by atoms with van der Waals surface area (Å²) in [5, 5.41) is 21.2. The van der Waals surface area contributed by atoms with Gasteiger partial charge in [0.25, 0.3) is 0 Å². The molecule has 2 aliphatic heterocycles. The molecule has 1 aromatic heterocycles. The van der Waals surface area contributed by atoms with Gasteiger partial charge in [0.15, 0.2) is 5.82 Å². The van der Waals surface area contributed by atoms with Crippen molar-refractivity contribution in [2.75, 3.05) is 37.7 Å². The third-order valence-electron chi connectivity index (χ3n) is 6.84. The number of carbonyl (C=O) groups is 1. The number of para-hydroxylation sites is 1. The molecule has 2 N–H and O–H groups in total. The van der Waals surface area contributed by atoms with Crippen molar-refractivity contribution in [1.29, 1.82) is 0 Å². The molecule has 2 atom stereocenters. The summed E-state index contributed by atoms with van der Waals surface area (Å²) in [6, 6.07) is 13.2. The topological polar surface area (TPSA) is 99.0 Å². The highest BCUT2D eigenvalue weighted by Crippen LogP contribution is 2.34. The average Bonchev–Trinajstić information content (AvgIpc) is 3.36. The summed E-state index contributed by atoms with van der Waals surface area (Å²) in [6.45, 7) is 5.18. The van der Waals surface area contributed by atoms with Gasteiger partial charge in [-0.05, 0) is 61.9 Å². The fourth-order valence-corrected chi connectivity index (χ4v) is 5.08. The third kappa shape index (κ3) is 5.28. The average molecular weight is 499 g/mol. The lowest BCUT2D eigenvalue weighted by molar-refractivity contribution is 0.101. The van der Waals surface area contributed by atoms with Crippen LogP contribution in [0.5, 0.6) is 5.75 Å². The maximum Gasteiger partial charge on any atom is 0.407 e. The predicted octanol–water partition coefficient (Wildman–Crippen LogP) is 4.72. The number of hydrogen-bond acceptors (Lipinski definition) is 6. The minimum atomic E-state index is -0.877. The second-order valence-corrected chi connectivity index (χ2v) is 9.32. The van der Waals surface area contributed by atoms with Gasteiger partial charge in [-0.15, -0.1) is 12.4 Å². The van der Waals surface area contributed by atoms with Gasteiger partial charge in [0, 0.05) is 31.6 Å². The number of aromatic hydroxyl groups is 1. The fourth-order valence-electron chi connectivity index (χ4n) is 5.08. The van der Waals surface area contributed by atoms with Crippen molar-refractivity contribution < 1.29 is 19.7 Å².